The first kappa shape index (κ1) is 12.6. The fourth-order valence-electron chi connectivity index (χ4n) is 2.57. The van der Waals surface area contributed by atoms with Crippen molar-refractivity contribution in [2.75, 3.05) is 11.4 Å². The lowest BCUT2D eigenvalue weighted by Crippen LogP contribution is -2.35. The van der Waals surface area contributed by atoms with Gasteiger partial charge in [0.2, 0.25) is 5.28 Å². The molecule has 1 aromatic heterocycles. The van der Waals surface area contributed by atoms with Gasteiger partial charge in [-0.3, -0.25) is 0 Å². The van der Waals surface area contributed by atoms with Crippen LogP contribution in [0.2, 0.25) is 5.28 Å². The zero-order chi connectivity index (χ0) is 12.3. The van der Waals surface area contributed by atoms with E-state index in [1.54, 1.807) is 0 Å². The van der Waals surface area contributed by atoms with Crippen molar-refractivity contribution in [3.8, 4) is 0 Å². The average Bonchev–Trinajstić information content (AvgIpc) is 2.52. The molecule has 0 spiro atoms. The number of rotatable bonds is 2. The number of hydrogen-bond donors (Lipinski definition) is 0. The van der Waals surface area contributed by atoms with Crippen LogP contribution in [0.1, 0.15) is 44.7 Å². The Hall–Kier alpha value is -0.830. The third-order valence-corrected chi connectivity index (χ3v) is 3.63. The summed E-state index contributed by atoms with van der Waals surface area (Å²) in [6.45, 7) is 5.31. The summed E-state index contributed by atoms with van der Waals surface area (Å²) in [5.74, 6) is 0.997. The minimum Gasteiger partial charge on any atom is -0.353 e. The van der Waals surface area contributed by atoms with Crippen LogP contribution >= 0.6 is 11.6 Å². The van der Waals surface area contributed by atoms with Crippen LogP contribution in [0.15, 0.2) is 6.07 Å². The molecule has 1 saturated heterocycles. The first-order chi connectivity index (χ1) is 8.20. The summed E-state index contributed by atoms with van der Waals surface area (Å²) in [5, 5.41) is 0.360. The molecule has 0 aromatic carbocycles. The lowest BCUT2D eigenvalue weighted by Gasteiger charge is -2.30. The molecule has 1 fully saturated rings. The largest absolute Gasteiger partial charge is 0.353 e. The Bertz CT molecular complexity index is 361. The van der Waals surface area contributed by atoms with Crippen LogP contribution in [0.25, 0.3) is 0 Å². The standard InChI is InChI=1S/C13H20ClN3/c1-3-11-7-5-4-6-8-17(11)12-9-10(2)15-13(14)16-12/h9,11H,3-8H2,1-2H3. The molecule has 1 unspecified atom stereocenters. The molecule has 4 heteroatoms. The highest BCUT2D eigenvalue weighted by Crippen LogP contribution is 2.25. The molecule has 2 rings (SSSR count). The van der Waals surface area contributed by atoms with E-state index in [0.29, 0.717) is 11.3 Å². The minimum atomic E-state index is 0.360. The van der Waals surface area contributed by atoms with Crippen LogP contribution in [0.5, 0.6) is 0 Å². The van der Waals surface area contributed by atoms with E-state index in [2.05, 4.69) is 21.8 Å². The average molecular weight is 254 g/mol. The molecule has 0 N–H and O–H groups in total. The molecule has 1 aromatic rings. The molecule has 3 nitrogen and oxygen atoms in total. The monoisotopic (exact) mass is 253 g/mol. The van der Waals surface area contributed by atoms with Crippen molar-refractivity contribution < 1.29 is 0 Å². The summed E-state index contributed by atoms with van der Waals surface area (Å²) in [6.07, 6.45) is 6.33. The summed E-state index contributed by atoms with van der Waals surface area (Å²) in [6, 6.07) is 2.64. The van der Waals surface area contributed by atoms with Gasteiger partial charge in [0, 0.05) is 24.3 Å². The Morgan fingerprint density at radius 1 is 1.35 bits per heavy atom. The van der Waals surface area contributed by atoms with E-state index < -0.39 is 0 Å². The topological polar surface area (TPSA) is 29.0 Å². The highest BCUT2D eigenvalue weighted by atomic mass is 35.5. The first-order valence-electron chi connectivity index (χ1n) is 6.48. The number of anilines is 1. The molecule has 2 heterocycles. The minimum absolute atomic E-state index is 0.360. The van der Waals surface area contributed by atoms with Crippen LogP contribution < -0.4 is 4.90 Å². The van der Waals surface area contributed by atoms with E-state index in [9.17, 15) is 0 Å². The van der Waals surface area contributed by atoms with Crippen LogP contribution in [-0.2, 0) is 0 Å². The van der Waals surface area contributed by atoms with Gasteiger partial charge in [0.05, 0.1) is 0 Å². The fourth-order valence-corrected chi connectivity index (χ4v) is 2.79. The molecule has 0 bridgehead atoms. The maximum Gasteiger partial charge on any atom is 0.224 e. The van der Waals surface area contributed by atoms with Gasteiger partial charge in [-0.1, -0.05) is 19.8 Å². The summed E-state index contributed by atoms with van der Waals surface area (Å²) in [5.41, 5.74) is 0.944. The third-order valence-electron chi connectivity index (χ3n) is 3.46. The van der Waals surface area contributed by atoms with Crippen molar-refractivity contribution >= 4 is 17.4 Å². The molecule has 0 radical (unpaired) electrons. The van der Waals surface area contributed by atoms with E-state index in [0.717, 1.165) is 18.1 Å². The zero-order valence-electron chi connectivity index (χ0n) is 10.6. The lowest BCUT2D eigenvalue weighted by atomic mass is 10.1. The second-order valence-corrected chi connectivity index (χ2v) is 5.08. The van der Waals surface area contributed by atoms with Gasteiger partial charge in [0.25, 0.3) is 0 Å². The molecular formula is C13H20ClN3. The highest BCUT2D eigenvalue weighted by Gasteiger charge is 2.21. The van der Waals surface area contributed by atoms with Crippen molar-refractivity contribution in [3.05, 3.63) is 17.0 Å². The SMILES string of the molecule is CCC1CCCCCN1c1cc(C)nc(Cl)n1. The van der Waals surface area contributed by atoms with Crippen molar-refractivity contribution in [2.24, 2.45) is 0 Å². The number of aromatic nitrogens is 2. The van der Waals surface area contributed by atoms with Crippen LogP contribution in [-0.4, -0.2) is 22.6 Å². The molecule has 1 atom stereocenters. The first-order valence-corrected chi connectivity index (χ1v) is 6.86. The van der Waals surface area contributed by atoms with Crippen LogP contribution in [0, 0.1) is 6.92 Å². The van der Waals surface area contributed by atoms with Crippen molar-refractivity contribution in [2.45, 2.75) is 52.0 Å². The maximum atomic E-state index is 5.95. The van der Waals surface area contributed by atoms with Gasteiger partial charge in [0.15, 0.2) is 0 Å². The van der Waals surface area contributed by atoms with Crippen LogP contribution in [0.4, 0.5) is 5.82 Å². The predicted octanol–water partition coefficient (Wildman–Crippen LogP) is 3.60. The van der Waals surface area contributed by atoms with E-state index in [-0.39, 0.29) is 0 Å². The molecule has 0 aliphatic carbocycles. The summed E-state index contributed by atoms with van der Waals surface area (Å²) < 4.78 is 0. The number of nitrogens with zero attached hydrogens (tertiary/aromatic N) is 3. The van der Waals surface area contributed by atoms with Crippen LogP contribution in [0.3, 0.4) is 0 Å². The van der Waals surface area contributed by atoms with E-state index in [1.807, 2.05) is 13.0 Å². The smallest absolute Gasteiger partial charge is 0.224 e. The van der Waals surface area contributed by atoms with Gasteiger partial charge in [-0.25, -0.2) is 9.97 Å². The van der Waals surface area contributed by atoms with Gasteiger partial charge in [-0.2, -0.15) is 0 Å². The highest BCUT2D eigenvalue weighted by molar-refractivity contribution is 6.28. The Balaban J connectivity index is 2.27. The Morgan fingerprint density at radius 3 is 2.88 bits per heavy atom. The van der Waals surface area contributed by atoms with E-state index in [4.69, 9.17) is 11.6 Å². The zero-order valence-corrected chi connectivity index (χ0v) is 11.4. The van der Waals surface area contributed by atoms with Crippen molar-refractivity contribution in [1.29, 1.82) is 0 Å². The second kappa shape index (κ2) is 5.67. The summed E-state index contributed by atoms with van der Waals surface area (Å²) in [4.78, 5) is 10.9. The summed E-state index contributed by atoms with van der Waals surface area (Å²) >= 11 is 5.95. The maximum absolute atomic E-state index is 5.95. The van der Waals surface area contributed by atoms with Gasteiger partial charge < -0.3 is 4.90 Å². The van der Waals surface area contributed by atoms with Gasteiger partial charge in [-0.05, 0) is 37.8 Å². The molecular weight excluding hydrogens is 234 g/mol. The van der Waals surface area contributed by atoms with Gasteiger partial charge in [0.1, 0.15) is 5.82 Å². The second-order valence-electron chi connectivity index (χ2n) is 4.74. The fraction of sp³-hybridized carbons (Fsp3) is 0.692. The third kappa shape index (κ3) is 3.09. The number of halogens is 1. The predicted molar refractivity (Wildman–Crippen MR) is 71.7 cm³/mol. The Kier molecular flexibility index (Phi) is 4.21. The Morgan fingerprint density at radius 2 is 2.18 bits per heavy atom. The number of hydrogen-bond acceptors (Lipinski definition) is 3. The normalized spacial score (nSPS) is 21.4. The molecule has 0 amide bonds. The number of aryl methyl sites for hydroxylation is 1. The van der Waals surface area contributed by atoms with Crippen molar-refractivity contribution in [3.63, 3.8) is 0 Å². The Labute approximate surface area is 108 Å². The van der Waals surface area contributed by atoms with E-state index in [1.165, 1.54) is 32.1 Å². The quantitative estimate of drug-likeness (QED) is 0.754. The molecule has 1 aliphatic heterocycles. The van der Waals surface area contributed by atoms with Gasteiger partial charge >= 0.3 is 0 Å². The lowest BCUT2D eigenvalue weighted by molar-refractivity contribution is 0.551. The summed E-state index contributed by atoms with van der Waals surface area (Å²) in [7, 11) is 0. The molecule has 94 valence electrons. The molecule has 17 heavy (non-hydrogen) atoms. The molecule has 0 saturated carbocycles. The van der Waals surface area contributed by atoms with Gasteiger partial charge in [-0.15, -0.1) is 0 Å². The molecule has 1 aliphatic rings. The van der Waals surface area contributed by atoms with E-state index >= 15 is 0 Å². The van der Waals surface area contributed by atoms with Crippen molar-refractivity contribution in [1.82, 2.24) is 9.97 Å².